The maximum absolute atomic E-state index is 13.6. The smallest absolute Gasteiger partial charge is 0.286 e. The highest BCUT2D eigenvalue weighted by Crippen LogP contribution is 2.35. The molecule has 1 saturated carbocycles. The van der Waals surface area contributed by atoms with E-state index in [9.17, 15) is 23.1 Å². The number of aromatic hydroxyl groups is 1. The van der Waals surface area contributed by atoms with Crippen molar-refractivity contribution in [1.29, 1.82) is 0 Å². The standard InChI is InChI=1S/C28H28N6O5S/c35-25-20-4-1-2-5-22(20)34(14-10-18-6-7-18)28(37)24(25)26-31-21-9-8-19(16-23(21)40(38,39)32-26)27(36)30-11-3-13-33-15-12-29-17-33/h1-2,4-5,8-9,12,15-18,35H,3,6-7,10-11,13-14H2,(H,30,36)(H,31,32). The van der Waals surface area contributed by atoms with Crippen molar-refractivity contribution in [2.45, 2.75) is 43.7 Å². The van der Waals surface area contributed by atoms with Gasteiger partial charge in [-0.05, 0) is 49.1 Å². The number of fused-ring (bicyclic) bond motifs is 2. The molecule has 206 valence electrons. The number of sulfonamides is 1. The normalized spacial score (nSPS) is 15.8. The van der Waals surface area contributed by atoms with Gasteiger partial charge >= 0.3 is 0 Å². The number of anilines is 1. The van der Waals surface area contributed by atoms with Crippen molar-refractivity contribution >= 4 is 38.4 Å². The van der Waals surface area contributed by atoms with Crippen LogP contribution in [0.5, 0.6) is 5.75 Å². The van der Waals surface area contributed by atoms with Crippen molar-refractivity contribution < 1.29 is 18.3 Å². The van der Waals surface area contributed by atoms with Crippen LogP contribution in [0.3, 0.4) is 0 Å². The summed E-state index contributed by atoms with van der Waals surface area (Å²) >= 11 is 0. The van der Waals surface area contributed by atoms with Crippen LogP contribution in [0.15, 0.2) is 75.3 Å². The molecule has 1 aliphatic carbocycles. The lowest BCUT2D eigenvalue weighted by Crippen LogP contribution is -2.33. The van der Waals surface area contributed by atoms with Gasteiger partial charge in [0.05, 0.1) is 17.5 Å². The van der Waals surface area contributed by atoms with Crippen LogP contribution in [0, 0.1) is 5.92 Å². The average Bonchev–Trinajstić information content (AvgIpc) is 3.62. The first-order chi connectivity index (χ1) is 19.3. The molecule has 0 spiro atoms. The number of pyridine rings is 1. The van der Waals surface area contributed by atoms with Gasteiger partial charge in [0.15, 0.2) is 5.84 Å². The van der Waals surface area contributed by atoms with Crippen molar-refractivity contribution in [2.75, 3.05) is 11.9 Å². The van der Waals surface area contributed by atoms with Gasteiger partial charge < -0.3 is 24.9 Å². The number of hydrogen-bond acceptors (Lipinski definition) is 7. The van der Waals surface area contributed by atoms with Crippen LogP contribution in [-0.2, 0) is 23.1 Å². The van der Waals surface area contributed by atoms with Crippen LogP contribution in [0.2, 0.25) is 0 Å². The number of imidazole rings is 1. The Morgan fingerprint density at radius 3 is 2.75 bits per heavy atom. The Bertz CT molecular complexity index is 1810. The molecule has 12 heteroatoms. The molecule has 6 rings (SSSR count). The molecule has 4 aromatic rings. The van der Waals surface area contributed by atoms with E-state index in [0.717, 1.165) is 19.3 Å². The van der Waals surface area contributed by atoms with Crippen LogP contribution in [-0.4, -0.2) is 45.9 Å². The second kappa shape index (κ2) is 10.3. The molecule has 0 atom stereocenters. The first-order valence-electron chi connectivity index (χ1n) is 13.2. The van der Waals surface area contributed by atoms with E-state index >= 15 is 0 Å². The molecular weight excluding hydrogens is 532 g/mol. The maximum atomic E-state index is 13.6. The summed E-state index contributed by atoms with van der Waals surface area (Å²) in [6, 6.07) is 11.2. The van der Waals surface area contributed by atoms with Crippen LogP contribution < -0.4 is 16.2 Å². The zero-order chi connectivity index (χ0) is 27.9. The van der Waals surface area contributed by atoms with E-state index in [1.165, 1.54) is 18.2 Å². The van der Waals surface area contributed by atoms with E-state index in [1.54, 1.807) is 41.4 Å². The van der Waals surface area contributed by atoms with Gasteiger partial charge in [-0.1, -0.05) is 25.0 Å². The fraction of sp³-hybridized carbons (Fsp3) is 0.286. The fourth-order valence-electron chi connectivity index (χ4n) is 4.94. The molecule has 0 bridgehead atoms. The number of nitrogens with zero attached hydrogens (tertiary/aromatic N) is 4. The number of amides is 1. The van der Waals surface area contributed by atoms with Crippen molar-refractivity contribution in [1.82, 2.24) is 19.4 Å². The summed E-state index contributed by atoms with van der Waals surface area (Å²) < 4.78 is 33.9. The number of rotatable bonds is 9. The van der Waals surface area contributed by atoms with Gasteiger partial charge in [-0.3, -0.25) is 9.59 Å². The summed E-state index contributed by atoms with van der Waals surface area (Å²) in [4.78, 5) is 30.1. The van der Waals surface area contributed by atoms with Crippen LogP contribution in [0.4, 0.5) is 5.69 Å². The van der Waals surface area contributed by atoms with E-state index in [-0.39, 0.29) is 33.3 Å². The predicted octanol–water partition coefficient (Wildman–Crippen LogP) is 3.08. The van der Waals surface area contributed by atoms with Crippen molar-refractivity contribution in [3.05, 3.63) is 82.7 Å². The van der Waals surface area contributed by atoms with Crippen molar-refractivity contribution in [3.63, 3.8) is 0 Å². The summed E-state index contributed by atoms with van der Waals surface area (Å²) in [5.74, 6) is -0.426. The van der Waals surface area contributed by atoms with E-state index in [4.69, 9.17) is 0 Å². The predicted molar refractivity (Wildman–Crippen MR) is 150 cm³/mol. The highest BCUT2D eigenvalue weighted by Gasteiger charge is 2.31. The second-order valence-corrected chi connectivity index (χ2v) is 11.7. The highest BCUT2D eigenvalue weighted by molar-refractivity contribution is 7.90. The highest BCUT2D eigenvalue weighted by atomic mass is 32.2. The van der Waals surface area contributed by atoms with Gasteiger partial charge in [-0.25, -0.2) is 4.98 Å². The molecule has 0 unspecified atom stereocenters. The van der Waals surface area contributed by atoms with E-state index in [1.807, 2.05) is 10.8 Å². The number of carbonyl (C=O) groups is 1. The van der Waals surface area contributed by atoms with Crippen molar-refractivity contribution in [3.8, 4) is 5.75 Å². The largest absolute Gasteiger partial charge is 0.506 e. The summed E-state index contributed by atoms with van der Waals surface area (Å²) in [5.41, 5.74) is 0.186. The lowest BCUT2D eigenvalue weighted by molar-refractivity contribution is 0.0952. The molecule has 40 heavy (non-hydrogen) atoms. The third kappa shape index (κ3) is 4.97. The summed E-state index contributed by atoms with van der Waals surface area (Å²) in [6.45, 7) is 1.54. The molecule has 0 saturated heterocycles. The molecule has 3 heterocycles. The number of hydrogen-bond donors (Lipinski definition) is 3. The van der Waals surface area contributed by atoms with Gasteiger partial charge in [-0.2, -0.15) is 8.42 Å². The minimum atomic E-state index is -4.29. The minimum absolute atomic E-state index is 0.165. The minimum Gasteiger partial charge on any atom is -0.506 e. The average molecular weight is 561 g/mol. The number of carbonyl (C=O) groups excluding carboxylic acids is 1. The molecule has 2 aromatic carbocycles. The first-order valence-corrected chi connectivity index (χ1v) is 14.6. The number of nitrogens with one attached hydrogen (secondary N) is 2. The third-order valence-electron chi connectivity index (χ3n) is 7.26. The van der Waals surface area contributed by atoms with Crippen LogP contribution in [0.1, 0.15) is 41.6 Å². The number of aromatic nitrogens is 3. The molecule has 11 nitrogen and oxygen atoms in total. The zero-order valence-corrected chi connectivity index (χ0v) is 22.4. The number of para-hydroxylation sites is 1. The van der Waals surface area contributed by atoms with Crippen LogP contribution >= 0.6 is 0 Å². The monoisotopic (exact) mass is 560 g/mol. The molecule has 1 fully saturated rings. The van der Waals surface area contributed by atoms with E-state index in [2.05, 4.69) is 20.0 Å². The quantitative estimate of drug-likeness (QED) is 0.267. The van der Waals surface area contributed by atoms with E-state index < -0.39 is 21.5 Å². The Morgan fingerprint density at radius 2 is 1.98 bits per heavy atom. The second-order valence-electron chi connectivity index (χ2n) is 10.1. The number of amidine groups is 1. The SMILES string of the molecule is O=C(NCCCn1ccnc1)c1ccc2c(c1)S(=O)(=O)N=C(c1c(O)c3ccccc3n(CCC3CC3)c1=O)N2. The third-order valence-corrected chi connectivity index (χ3v) is 8.58. The molecule has 1 aliphatic heterocycles. The Labute approximate surface area is 230 Å². The lowest BCUT2D eigenvalue weighted by Gasteiger charge is -2.21. The van der Waals surface area contributed by atoms with Crippen LogP contribution in [0.25, 0.3) is 10.9 Å². The van der Waals surface area contributed by atoms with Gasteiger partial charge in [0.25, 0.3) is 21.5 Å². The van der Waals surface area contributed by atoms with E-state index in [0.29, 0.717) is 42.9 Å². The fourth-order valence-corrected chi connectivity index (χ4v) is 6.08. The summed E-state index contributed by atoms with van der Waals surface area (Å²) in [5, 5.41) is 17.2. The van der Waals surface area contributed by atoms with Crippen molar-refractivity contribution in [2.24, 2.45) is 10.3 Å². The number of benzene rings is 2. The van der Waals surface area contributed by atoms with Gasteiger partial charge in [-0.15, -0.1) is 4.40 Å². The topological polar surface area (TPSA) is 148 Å². The molecular formula is C28H28N6O5S. The zero-order valence-electron chi connectivity index (χ0n) is 21.6. The molecule has 3 N–H and O–H groups in total. The lowest BCUT2D eigenvalue weighted by atomic mass is 10.1. The molecule has 2 aromatic heterocycles. The molecule has 0 radical (unpaired) electrons. The maximum Gasteiger partial charge on any atom is 0.286 e. The molecule has 1 amide bonds. The molecule has 2 aliphatic rings. The Balaban J connectivity index is 1.28. The van der Waals surface area contributed by atoms with Gasteiger partial charge in [0, 0.05) is 43.0 Å². The summed E-state index contributed by atoms with van der Waals surface area (Å²) in [6.07, 6.45) is 8.97. The number of aryl methyl sites for hydroxylation is 2. The van der Waals surface area contributed by atoms with Gasteiger partial charge in [0.2, 0.25) is 0 Å². The Hall–Kier alpha value is -4.45. The summed E-state index contributed by atoms with van der Waals surface area (Å²) in [7, 11) is -4.29. The Morgan fingerprint density at radius 1 is 1.15 bits per heavy atom. The van der Waals surface area contributed by atoms with Gasteiger partial charge in [0.1, 0.15) is 16.2 Å². The first kappa shape index (κ1) is 25.8. The Kier molecular flexibility index (Phi) is 6.62.